The molecule has 6 nitrogen and oxygen atoms in total. The maximum Gasteiger partial charge on any atom is 0.242 e. The molecular formula is C17H23ClN2O4. The fourth-order valence-corrected chi connectivity index (χ4v) is 2.81. The third-order valence-electron chi connectivity index (χ3n) is 3.87. The average Bonchev–Trinajstić information content (AvgIpc) is 3.26. The zero-order valence-electron chi connectivity index (χ0n) is 13.7. The van der Waals surface area contributed by atoms with Crippen molar-refractivity contribution in [3.63, 3.8) is 0 Å². The molecule has 0 aliphatic carbocycles. The molecule has 2 heterocycles. The Hall–Kier alpha value is -1.79. The fourth-order valence-electron chi connectivity index (χ4n) is 2.64. The molecule has 0 spiro atoms. The molecule has 7 heteroatoms. The molecule has 1 fully saturated rings. The number of ether oxygens (including phenoxy) is 1. The minimum Gasteiger partial charge on any atom is -0.467 e. The van der Waals surface area contributed by atoms with Crippen molar-refractivity contribution in [2.75, 3.05) is 32.1 Å². The Morgan fingerprint density at radius 1 is 1.38 bits per heavy atom. The molecule has 0 radical (unpaired) electrons. The van der Waals surface area contributed by atoms with Crippen molar-refractivity contribution in [2.24, 2.45) is 0 Å². The summed E-state index contributed by atoms with van der Waals surface area (Å²) in [5, 5.41) is 0. The van der Waals surface area contributed by atoms with Gasteiger partial charge < -0.3 is 19.0 Å². The summed E-state index contributed by atoms with van der Waals surface area (Å²) in [6.45, 7) is 5.42. The second kappa shape index (κ2) is 9.49. The third-order valence-corrected chi connectivity index (χ3v) is 4.10. The van der Waals surface area contributed by atoms with Crippen LogP contribution in [0.3, 0.4) is 0 Å². The molecule has 1 aliphatic heterocycles. The first kappa shape index (κ1) is 18.5. The Bertz CT molecular complexity index is 541. The van der Waals surface area contributed by atoms with Gasteiger partial charge in [-0.15, -0.1) is 18.2 Å². The van der Waals surface area contributed by atoms with E-state index in [0.29, 0.717) is 18.8 Å². The number of rotatable bonds is 9. The number of hydrogen-bond acceptors (Lipinski definition) is 4. The predicted molar refractivity (Wildman–Crippen MR) is 90.6 cm³/mol. The van der Waals surface area contributed by atoms with Crippen molar-refractivity contribution in [3.05, 3.63) is 36.8 Å². The van der Waals surface area contributed by atoms with Gasteiger partial charge in [-0.3, -0.25) is 9.59 Å². The first-order valence-electron chi connectivity index (χ1n) is 8.00. The van der Waals surface area contributed by atoms with Crippen molar-refractivity contribution in [2.45, 2.75) is 25.5 Å². The van der Waals surface area contributed by atoms with Crippen LogP contribution in [0.4, 0.5) is 0 Å². The van der Waals surface area contributed by atoms with Crippen LogP contribution in [-0.4, -0.2) is 59.8 Å². The highest BCUT2D eigenvalue weighted by Gasteiger charge is 2.25. The second-order valence-electron chi connectivity index (χ2n) is 5.69. The molecule has 2 amide bonds. The Labute approximate surface area is 147 Å². The van der Waals surface area contributed by atoms with E-state index >= 15 is 0 Å². The predicted octanol–water partition coefficient (Wildman–Crippen LogP) is 2.04. The van der Waals surface area contributed by atoms with Gasteiger partial charge in [-0.2, -0.15) is 0 Å². The fraction of sp³-hybridized carbons (Fsp3) is 0.529. The molecule has 1 atom stereocenters. The first-order valence-corrected chi connectivity index (χ1v) is 8.54. The average molecular weight is 355 g/mol. The smallest absolute Gasteiger partial charge is 0.242 e. The van der Waals surface area contributed by atoms with Crippen LogP contribution in [0, 0.1) is 0 Å². The Balaban J connectivity index is 2.03. The van der Waals surface area contributed by atoms with Gasteiger partial charge in [0.05, 0.1) is 18.9 Å². The number of furan rings is 1. The normalized spacial score (nSPS) is 16.8. The molecule has 0 bridgehead atoms. The zero-order valence-corrected chi connectivity index (χ0v) is 14.4. The number of halogens is 1. The largest absolute Gasteiger partial charge is 0.467 e. The Morgan fingerprint density at radius 2 is 2.21 bits per heavy atom. The summed E-state index contributed by atoms with van der Waals surface area (Å²) < 4.78 is 11.0. The molecule has 0 saturated carbocycles. The molecule has 1 aromatic rings. The lowest BCUT2D eigenvalue weighted by molar-refractivity contribution is -0.140. The topological polar surface area (TPSA) is 63.0 Å². The van der Waals surface area contributed by atoms with Crippen molar-refractivity contribution in [3.8, 4) is 0 Å². The van der Waals surface area contributed by atoms with E-state index in [1.165, 1.54) is 4.90 Å². The molecule has 0 unspecified atom stereocenters. The summed E-state index contributed by atoms with van der Waals surface area (Å²) in [5.74, 6) is 0.0767. The van der Waals surface area contributed by atoms with Gasteiger partial charge in [0.25, 0.3) is 0 Å². The van der Waals surface area contributed by atoms with Crippen molar-refractivity contribution < 1.29 is 18.7 Å². The second-order valence-corrected chi connectivity index (χ2v) is 5.95. The number of amides is 2. The highest BCUT2D eigenvalue weighted by Crippen LogP contribution is 2.16. The quantitative estimate of drug-likeness (QED) is 0.503. The minimum absolute atomic E-state index is 0.0282. The summed E-state index contributed by atoms with van der Waals surface area (Å²) in [5.41, 5.74) is 0. The maximum atomic E-state index is 12.7. The van der Waals surface area contributed by atoms with Gasteiger partial charge in [-0.25, -0.2) is 0 Å². The van der Waals surface area contributed by atoms with Crippen LogP contribution in [0.5, 0.6) is 0 Å². The minimum atomic E-state index is -0.292. The summed E-state index contributed by atoms with van der Waals surface area (Å²) in [6.07, 6.45) is 5.11. The summed E-state index contributed by atoms with van der Waals surface area (Å²) in [4.78, 5) is 27.6. The summed E-state index contributed by atoms with van der Waals surface area (Å²) in [7, 11) is 0. The van der Waals surface area contributed by atoms with Gasteiger partial charge in [0, 0.05) is 19.7 Å². The first-order chi connectivity index (χ1) is 11.6. The molecule has 1 aromatic heterocycles. The van der Waals surface area contributed by atoms with Gasteiger partial charge >= 0.3 is 0 Å². The van der Waals surface area contributed by atoms with E-state index < -0.39 is 0 Å². The molecule has 24 heavy (non-hydrogen) atoms. The maximum absolute atomic E-state index is 12.7. The van der Waals surface area contributed by atoms with Crippen LogP contribution < -0.4 is 0 Å². The molecule has 1 saturated heterocycles. The van der Waals surface area contributed by atoms with Crippen LogP contribution >= 0.6 is 11.6 Å². The Kier molecular flexibility index (Phi) is 7.34. The standard InChI is InChI=1S/C17H23ClN2O4/c1-2-7-19(16(21)10-18)13-17(22)20(11-14-5-3-8-23-14)12-15-6-4-9-24-15/h2-3,5,8,15H,1,4,6-7,9-13H2/t15-/m0/s1. The number of carbonyl (C=O) groups is 2. The van der Waals surface area contributed by atoms with Crippen LogP contribution in [-0.2, 0) is 20.9 Å². The van der Waals surface area contributed by atoms with Crippen molar-refractivity contribution >= 4 is 23.4 Å². The highest BCUT2D eigenvalue weighted by molar-refractivity contribution is 6.27. The number of hydrogen-bond donors (Lipinski definition) is 0. The molecule has 1 aliphatic rings. The lowest BCUT2D eigenvalue weighted by Gasteiger charge is -2.28. The molecule has 132 valence electrons. The SMILES string of the molecule is C=CCN(CC(=O)N(Cc1ccco1)C[C@@H]1CCCO1)C(=O)CCl. The van der Waals surface area contributed by atoms with E-state index in [4.69, 9.17) is 20.8 Å². The van der Waals surface area contributed by atoms with E-state index in [2.05, 4.69) is 6.58 Å². The lowest BCUT2D eigenvalue weighted by Crippen LogP contribution is -2.45. The van der Waals surface area contributed by atoms with Crippen molar-refractivity contribution in [1.82, 2.24) is 9.80 Å². The molecule has 0 N–H and O–H groups in total. The molecule has 0 aromatic carbocycles. The summed E-state index contributed by atoms with van der Waals surface area (Å²) in [6, 6.07) is 3.60. The van der Waals surface area contributed by atoms with Gasteiger partial charge in [0.15, 0.2) is 0 Å². The van der Waals surface area contributed by atoms with E-state index in [1.54, 1.807) is 23.3 Å². The Morgan fingerprint density at radius 3 is 2.79 bits per heavy atom. The summed E-state index contributed by atoms with van der Waals surface area (Å²) >= 11 is 5.61. The number of carbonyl (C=O) groups excluding carboxylic acids is 2. The van der Waals surface area contributed by atoms with Crippen LogP contribution in [0.25, 0.3) is 0 Å². The van der Waals surface area contributed by atoms with Crippen LogP contribution in [0.15, 0.2) is 35.5 Å². The zero-order chi connectivity index (χ0) is 17.4. The third kappa shape index (κ3) is 5.39. The van der Waals surface area contributed by atoms with E-state index in [-0.39, 0.29) is 36.9 Å². The number of nitrogens with zero attached hydrogens (tertiary/aromatic N) is 2. The molecular weight excluding hydrogens is 332 g/mol. The number of alkyl halides is 1. The van der Waals surface area contributed by atoms with Gasteiger partial charge in [-0.05, 0) is 25.0 Å². The van der Waals surface area contributed by atoms with Gasteiger partial charge in [-0.1, -0.05) is 6.08 Å². The van der Waals surface area contributed by atoms with Gasteiger partial charge in [0.2, 0.25) is 11.8 Å². The van der Waals surface area contributed by atoms with E-state index in [9.17, 15) is 9.59 Å². The molecule has 2 rings (SSSR count). The monoisotopic (exact) mass is 354 g/mol. The van der Waals surface area contributed by atoms with Crippen LogP contribution in [0.2, 0.25) is 0 Å². The van der Waals surface area contributed by atoms with Crippen molar-refractivity contribution in [1.29, 1.82) is 0 Å². The lowest BCUT2D eigenvalue weighted by atomic mass is 10.2. The van der Waals surface area contributed by atoms with E-state index in [0.717, 1.165) is 19.4 Å². The van der Waals surface area contributed by atoms with Crippen LogP contribution in [0.1, 0.15) is 18.6 Å². The highest BCUT2D eigenvalue weighted by atomic mass is 35.5. The van der Waals surface area contributed by atoms with E-state index in [1.807, 2.05) is 6.07 Å². The van der Waals surface area contributed by atoms with Gasteiger partial charge in [0.1, 0.15) is 18.2 Å².